The average Bonchev–Trinajstić information content (AvgIpc) is 3.33. The maximum Gasteiger partial charge on any atom is 0.306 e. The second kappa shape index (κ2) is 55.4. The number of unbranched alkanes of at least 4 members (excludes halogenated alkanes) is 28. The predicted molar refractivity (Wildman–Crippen MR) is 288 cm³/mol. The van der Waals surface area contributed by atoms with Crippen molar-refractivity contribution in [3.05, 3.63) is 72.9 Å². The minimum atomic E-state index is -0.782. The summed E-state index contributed by atoms with van der Waals surface area (Å²) in [5.41, 5.74) is 0. The number of carbonyl (C=O) groups is 3. The topological polar surface area (TPSA) is 78.9 Å². The number of hydrogen-bond donors (Lipinski definition) is 0. The highest BCUT2D eigenvalue weighted by molar-refractivity contribution is 5.71. The Labute approximate surface area is 414 Å². The minimum absolute atomic E-state index is 0.0804. The van der Waals surface area contributed by atoms with E-state index in [1.807, 2.05) is 0 Å². The molecule has 67 heavy (non-hydrogen) atoms. The van der Waals surface area contributed by atoms with E-state index in [0.717, 1.165) is 109 Å². The van der Waals surface area contributed by atoms with E-state index < -0.39 is 6.10 Å². The van der Waals surface area contributed by atoms with Crippen molar-refractivity contribution in [2.45, 2.75) is 284 Å². The van der Waals surface area contributed by atoms with Crippen molar-refractivity contribution in [1.29, 1.82) is 0 Å². The number of carbonyl (C=O) groups excluding carboxylic acids is 3. The molecule has 0 aliphatic carbocycles. The molecule has 6 heteroatoms. The van der Waals surface area contributed by atoms with E-state index in [2.05, 4.69) is 93.7 Å². The Kier molecular flexibility index (Phi) is 52.8. The lowest BCUT2D eigenvalue weighted by atomic mass is 10.0. The van der Waals surface area contributed by atoms with Gasteiger partial charge in [-0.05, 0) is 70.6 Å². The summed E-state index contributed by atoms with van der Waals surface area (Å²) in [6, 6.07) is 0. The third kappa shape index (κ3) is 53.7. The molecule has 0 radical (unpaired) electrons. The number of allylic oxidation sites excluding steroid dienone is 12. The Hall–Kier alpha value is -3.15. The predicted octanol–water partition coefficient (Wildman–Crippen LogP) is 19.0. The lowest BCUT2D eigenvalue weighted by Crippen LogP contribution is -2.30. The van der Waals surface area contributed by atoms with Crippen LogP contribution in [0.2, 0.25) is 0 Å². The smallest absolute Gasteiger partial charge is 0.306 e. The highest BCUT2D eigenvalue weighted by atomic mass is 16.6. The van der Waals surface area contributed by atoms with Crippen LogP contribution in [0.25, 0.3) is 0 Å². The van der Waals surface area contributed by atoms with Crippen LogP contribution in [0, 0.1) is 0 Å². The van der Waals surface area contributed by atoms with Gasteiger partial charge in [-0.2, -0.15) is 0 Å². The number of esters is 3. The van der Waals surface area contributed by atoms with Crippen LogP contribution in [-0.4, -0.2) is 37.2 Å². The van der Waals surface area contributed by atoms with Crippen molar-refractivity contribution in [2.75, 3.05) is 13.2 Å². The first kappa shape index (κ1) is 63.8. The first-order valence-electron chi connectivity index (χ1n) is 28.4. The monoisotopic (exact) mass is 935 g/mol. The Bertz CT molecular complexity index is 1260. The Morgan fingerprint density at radius 3 is 0.910 bits per heavy atom. The maximum atomic E-state index is 12.8. The zero-order chi connectivity index (χ0) is 48.6. The summed E-state index contributed by atoms with van der Waals surface area (Å²) in [7, 11) is 0. The zero-order valence-electron chi connectivity index (χ0n) is 44.2. The van der Waals surface area contributed by atoms with Gasteiger partial charge in [0.05, 0.1) is 0 Å². The van der Waals surface area contributed by atoms with Crippen LogP contribution < -0.4 is 0 Å². The van der Waals surface area contributed by atoms with Crippen LogP contribution in [0.3, 0.4) is 0 Å². The SMILES string of the molecule is CC/C=C\C/C=C\C/C=C\C/C=C\C/C=C\C/C=C\CCCCCCC(=O)OCC(COC(=O)CCCCCCCCCCC)OC(=O)CCCCCCCCCCCCCCCCCCC. The molecule has 0 saturated carbocycles. The molecule has 0 aromatic heterocycles. The summed E-state index contributed by atoms with van der Waals surface area (Å²) in [5, 5.41) is 0. The van der Waals surface area contributed by atoms with Crippen LogP contribution in [0.15, 0.2) is 72.9 Å². The molecule has 0 N–H and O–H groups in total. The maximum absolute atomic E-state index is 12.8. The van der Waals surface area contributed by atoms with Gasteiger partial charge < -0.3 is 14.2 Å². The molecule has 0 fully saturated rings. The van der Waals surface area contributed by atoms with Gasteiger partial charge in [-0.15, -0.1) is 0 Å². The largest absolute Gasteiger partial charge is 0.462 e. The van der Waals surface area contributed by atoms with Crippen molar-refractivity contribution >= 4 is 17.9 Å². The molecule has 0 aromatic rings. The Morgan fingerprint density at radius 2 is 0.582 bits per heavy atom. The van der Waals surface area contributed by atoms with E-state index in [-0.39, 0.29) is 31.1 Å². The molecule has 0 aromatic carbocycles. The van der Waals surface area contributed by atoms with Crippen molar-refractivity contribution in [1.82, 2.24) is 0 Å². The van der Waals surface area contributed by atoms with Gasteiger partial charge in [-0.3, -0.25) is 14.4 Å². The van der Waals surface area contributed by atoms with Crippen LogP contribution in [-0.2, 0) is 28.6 Å². The van der Waals surface area contributed by atoms with Crippen LogP contribution >= 0.6 is 0 Å². The highest BCUT2D eigenvalue weighted by Gasteiger charge is 2.19. The minimum Gasteiger partial charge on any atom is -0.462 e. The van der Waals surface area contributed by atoms with Crippen molar-refractivity contribution in [3.8, 4) is 0 Å². The summed E-state index contributed by atoms with van der Waals surface area (Å²) >= 11 is 0. The van der Waals surface area contributed by atoms with E-state index in [1.165, 1.54) is 128 Å². The van der Waals surface area contributed by atoms with Gasteiger partial charge in [0.1, 0.15) is 13.2 Å². The standard InChI is InChI=1S/C61H106O6/c1-4-7-10-13-16-19-21-23-25-27-28-29-30-31-32-34-35-37-39-42-45-48-51-54-60(63)66-57-58(56-65-59(62)53-50-47-44-41-18-15-12-9-6-3)67-61(64)55-52-49-46-43-40-38-36-33-26-24-22-20-17-14-11-8-5-2/h7,10,16,19,23,25,28-29,31-32,35,37,58H,4-6,8-9,11-15,17-18,20-22,24,26-27,30,33-34,36,38-57H2,1-3H3/b10-7-,19-16-,25-23-,29-28-,32-31-,37-35-. The molecule has 0 bridgehead atoms. The number of hydrogen-bond acceptors (Lipinski definition) is 6. The van der Waals surface area contributed by atoms with Crippen molar-refractivity contribution in [3.63, 3.8) is 0 Å². The molecule has 1 unspecified atom stereocenters. The molecule has 0 amide bonds. The van der Waals surface area contributed by atoms with Gasteiger partial charge in [0.25, 0.3) is 0 Å². The fourth-order valence-electron chi connectivity index (χ4n) is 7.98. The normalized spacial score (nSPS) is 12.6. The zero-order valence-corrected chi connectivity index (χ0v) is 44.2. The van der Waals surface area contributed by atoms with Crippen LogP contribution in [0.5, 0.6) is 0 Å². The van der Waals surface area contributed by atoms with E-state index in [4.69, 9.17) is 14.2 Å². The van der Waals surface area contributed by atoms with E-state index in [1.54, 1.807) is 0 Å². The molecular formula is C61H106O6. The summed E-state index contributed by atoms with van der Waals surface area (Å²) < 4.78 is 16.8. The van der Waals surface area contributed by atoms with Crippen molar-refractivity contribution < 1.29 is 28.6 Å². The van der Waals surface area contributed by atoms with Gasteiger partial charge >= 0.3 is 17.9 Å². The van der Waals surface area contributed by atoms with Gasteiger partial charge in [0, 0.05) is 19.3 Å². The summed E-state index contributed by atoms with van der Waals surface area (Å²) in [4.78, 5) is 38.0. The summed E-state index contributed by atoms with van der Waals surface area (Å²) in [6.07, 6.45) is 70.4. The second-order valence-electron chi connectivity index (χ2n) is 18.8. The molecule has 0 heterocycles. The first-order valence-corrected chi connectivity index (χ1v) is 28.4. The molecule has 0 saturated heterocycles. The second-order valence-corrected chi connectivity index (χ2v) is 18.8. The third-order valence-electron chi connectivity index (χ3n) is 12.2. The van der Waals surface area contributed by atoms with Gasteiger partial charge in [-0.1, -0.05) is 261 Å². The number of ether oxygens (including phenoxy) is 3. The van der Waals surface area contributed by atoms with E-state index in [0.29, 0.717) is 19.3 Å². The van der Waals surface area contributed by atoms with Crippen molar-refractivity contribution in [2.24, 2.45) is 0 Å². The van der Waals surface area contributed by atoms with Gasteiger partial charge in [0.2, 0.25) is 0 Å². The molecule has 0 spiro atoms. The summed E-state index contributed by atoms with van der Waals surface area (Å²) in [5.74, 6) is -0.899. The van der Waals surface area contributed by atoms with Gasteiger partial charge in [-0.25, -0.2) is 0 Å². The molecule has 386 valence electrons. The molecule has 0 aliphatic rings. The Balaban J connectivity index is 4.32. The fourth-order valence-corrected chi connectivity index (χ4v) is 7.98. The van der Waals surface area contributed by atoms with E-state index >= 15 is 0 Å². The molecule has 1 atom stereocenters. The molecule has 6 nitrogen and oxygen atoms in total. The summed E-state index contributed by atoms with van der Waals surface area (Å²) in [6.45, 7) is 6.51. The van der Waals surface area contributed by atoms with Crippen LogP contribution in [0.4, 0.5) is 0 Å². The average molecular weight is 936 g/mol. The highest BCUT2D eigenvalue weighted by Crippen LogP contribution is 2.16. The Morgan fingerprint density at radius 1 is 0.313 bits per heavy atom. The number of rotatable bonds is 51. The molecule has 0 rings (SSSR count). The van der Waals surface area contributed by atoms with Crippen LogP contribution in [0.1, 0.15) is 278 Å². The molecule has 0 aliphatic heterocycles. The first-order chi connectivity index (χ1) is 33.0. The van der Waals surface area contributed by atoms with Gasteiger partial charge in [0.15, 0.2) is 6.10 Å². The van der Waals surface area contributed by atoms with E-state index in [9.17, 15) is 14.4 Å². The lowest BCUT2D eigenvalue weighted by molar-refractivity contribution is -0.167. The third-order valence-corrected chi connectivity index (χ3v) is 12.2. The fraction of sp³-hybridized carbons (Fsp3) is 0.754. The quantitative estimate of drug-likeness (QED) is 0.0262. The lowest BCUT2D eigenvalue weighted by Gasteiger charge is -2.18. The molecular weight excluding hydrogens is 829 g/mol.